The lowest BCUT2D eigenvalue weighted by Crippen LogP contribution is -2.44. The van der Waals surface area contributed by atoms with Crippen molar-refractivity contribution in [3.05, 3.63) is 28.8 Å². The molecular weight excluding hydrogens is 274 g/mol. The van der Waals surface area contributed by atoms with Gasteiger partial charge in [0.25, 0.3) is 0 Å². The molecule has 0 aliphatic heterocycles. The number of halogens is 1. The molecule has 112 valence electrons. The number of amides is 1. The molecule has 0 aliphatic rings. The van der Waals surface area contributed by atoms with E-state index in [1.807, 2.05) is 45.9 Å². The molecule has 4 nitrogen and oxygen atoms in total. The minimum Gasteiger partial charge on any atom is -0.380 e. The second kappa shape index (κ2) is 6.95. The Morgan fingerprint density at radius 3 is 2.55 bits per heavy atom. The molecule has 1 atom stereocenters. The monoisotopic (exact) mass is 297 g/mol. The van der Waals surface area contributed by atoms with Gasteiger partial charge in [-0.05, 0) is 45.4 Å². The van der Waals surface area contributed by atoms with E-state index in [9.17, 15) is 4.79 Å². The molecule has 0 aromatic heterocycles. The molecule has 20 heavy (non-hydrogen) atoms. The highest BCUT2D eigenvalue weighted by atomic mass is 35.5. The van der Waals surface area contributed by atoms with Gasteiger partial charge in [0.05, 0.1) is 0 Å². The van der Waals surface area contributed by atoms with Crippen LogP contribution in [-0.2, 0) is 4.79 Å². The normalized spacial score (nSPS) is 12.9. The molecule has 0 saturated carbocycles. The second-order valence-corrected chi connectivity index (χ2v) is 6.45. The first kappa shape index (κ1) is 16.8. The first-order chi connectivity index (χ1) is 9.21. The van der Waals surface area contributed by atoms with Gasteiger partial charge in [-0.1, -0.05) is 17.7 Å². The van der Waals surface area contributed by atoms with Crippen molar-refractivity contribution < 1.29 is 4.79 Å². The zero-order chi connectivity index (χ0) is 15.3. The number of nitrogens with one attached hydrogen (secondary N) is 2. The number of aryl methyl sites for hydroxylation is 1. The second-order valence-electron chi connectivity index (χ2n) is 6.04. The maximum Gasteiger partial charge on any atom is 0.222 e. The zero-order valence-corrected chi connectivity index (χ0v) is 13.3. The summed E-state index contributed by atoms with van der Waals surface area (Å²) in [5.41, 5.74) is 7.39. The van der Waals surface area contributed by atoms with Crippen LogP contribution in [0.1, 0.15) is 32.8 Å². The van der Waals surface area contributed by atoms with Gasteiger partial charge in [-0.15, -0.1) is 0 Å². The lowest BCUT2D eigenvalue weighted by Gasteiger charge is -2.23. The molecule has 1 amide bonds. The summed E-state index contributed by atoms with van der Waals surface area (Å²) in [7, 11) is 0. The van der Waals surface area contributed by atoms with Crippen LogP contribution in [0.2, 0.25) is 5.02 Å². The molecule has 0 aliphatic carbocycles. The van der Waals surface area contributed by atoms with E-state index >= 15 is 0 Å². The Morgan fingerprint density at radius 1 is 1.40 bits per heavy atom. The quantitative estimate of drug-likeness (QED) is 0.783. The summed E-state index contributed by atoms with van der Waals surface area (Å²) in [4.78, 5) is 11.9. The van der Waals surface area contributed by atoms with Crippen molar-refractivity contribution in [2.75, 3.05) is 11.9 Å². The van der Waals surface area contributed by atoms with Gasteiger partial charge in [0.15, 0.2) is 0 Å². The number of hydrogen-bond acceptors (Lipinski definition) is 3. The smallest absolute Gasteiger partial charge is 0.222 e. The van der Waals surface area contributed by atoms with E-state index in [-0.39, 0.29) is 17.5 Å². The van der Waals surface area contributed by atoms with E-state index < -0.39 is 0 Å². The summed E-state index contributed by atoms with van der Waals surface area (Å²) in [5.74, 6) is -0.0151. The maximum atomic E-state index is 11.9. The minimum absolute atomic E-state index is 0.0151. The van der Waals surface area contributed by atoms with Crippen molar-refractivity contribution in [1.29, 1.82) is 0 Å². The molecule has 1 aromatic carbocycles. The van der Waals surface area contributed by atoms with Crippen molar-refractivity contribution in [2.24, 2.45) is 5.73 Å². The average molecular weight is 298 g/mol. The lowest BCUT2D eigenvalue weighted by molar-refractivity contribution is -0.122. The fraction of sp³-hybridized carbons (Fsp3) is 0.533. The molecule has 1 aromatic rings. The van der Waals surface area contributed by atoms with E-state index in [1.165, 1.54) is 0 Å². The number of carbonyl (C=O) groups excluding carboxylic acids is 1. The van der Waals surface area contributed by atoms with Gasteiger partial charge < -0.3 is 16.4 Å². The topological polar surface area (TPSA) is 67.1 Å². The van der Waals surface area contributed by atoms with Gasteiger partial charge in [0.2, 0.25) is 5.91 Å². The Morgan fingerprint density at radius 2 is 2.05 bits per heavy atom. The summed E-state index contributed by atoms with van der Waals surface area (Å²) < 4.78 is 0. The maximum absolute atomic E-state index is 11.9. The molecule has 0 saturated heterocycles. The molecule has 4 N–H and O–H groups in total. The Bertz CT molecular complexity index is 469. The van der Waals surface area contributed by atoms with Gasteiger partial charge in [0.1, 0.15) is 0 Å². The molecule has 0 bridgehead atoms. The molecule has 0 heterocycles. The number of hydrogen-bond donors (Lipinski definition) is 3. The van der Waals surface area contributed by atoms with Crippen LogP contribution in [0.5, 0.6) is 0 Å². The molecule has 1 rings (SSSR count). The predicted molar refractivity (Wildman–Crippen MR) is 85.2 cm³/mol. The largest absolute Gasteiger partial charge is 0.380 e. The van der Waals surface area contributed by atoms with E-state index in [0.717, 1.165) is 11.3 Å². The summed E-state index contributed by atoms with van der Waals surface area (Å²) >= 11 is 6.08. The molecule has 1 unspecified atom stereocenters. The average Bonchev–Trinajstić information content (AvgIpc) is 2.30. The molecule has 0 fully saturated rings. The first-order valence-electron chi connectivity index (χ1n) is 6.75. The highest BCUT2D eigenvalue weighted by Crippen LogP contribution is 2.20. The lowest BCUT2D eigenvalue weighted by atomic mass is 10.1. The first-order valence-corrected chi connectivity index (χ1v) is 7.13. The molecular formula is C15H24ClN3O. The van der Waals surface area contributed by atoms with Crippen LogP contribution in [0.15, 0.2) is 18.2 Å². The van der Waals surface area contributed by atoms with Crippen LogP contribution in [0, 0.1) is 6.92 Å². The van der Waals surface area contributed by atoms with E-state index in [2.05, 4.69) is 10.6 Å². The van der Waals surface area contributed by atoms with E-state index in [0.29, 0.717) is 18.0 Å². The SMILES string of the molecule is Cc1ccc(NC(CN)CC(=O)NC(C)(C)C)cc1Cl. The Kier molecular flexibility index (Phi) is 5.84. The van der Waals surface area contributed by atoms with Gasteiger partial charge in [0, 0.05) is 35.3 Å². The van der Waals surface area contributed by atoms with Crippen molar-refractivity contribution in [2.45, 2.75) is 45.7 Å². The number of benzene rings is 1. The molecule has 0 radical (unpaired) electrons. The van der Waals surface area contributed by atoms with Crippen molar-refractivity contribution in [1.82, 2.24) is 5.32 Å². The van der Waals surface area contributed by atoms with Crippen molar-refractivity contribution >= 4 is 23.2 Å². The van der Waals surface area contributed by atoms with Crippen LogP contribution < -0.4 is 16.4 Å². The molecule has 0 spiro atoms. The Hall–Kier alpha value is -1.26. The number of rotatable bonds is 5. The fourth-order valence-corrected chi connectivity index (χ4v) is 1.99. The van der Waals surface area contributed by atoms with Gasteiger partial charge >= 0.3 is 0 Å². The highest BCUT2D eigenvalue weighted by Gasteiger charge is 2.17. The predicted octanol–water partition coefficient (Wildman–Crippen LogP) is 2.69. The molecule has 5 heteroatoms. The third-order valence-electron chi connectivity index (χ3n) is 2.77. The number of carbonyl (C=O) groups is 1. The van der Waals surface area contributed by atoms with Gasteiger partial charge in [-0.25, -0.2) is 0 Å². The van der Waals surface area contributed by atoms with Gasteiger partial charge in [-0.2, -0.15) is 0 Å². The van der Waals surface area contributed by atoms with Crippen LogP contribution >= 0.6 is 11.6 Å². The highest BCUT2D eigenvalue weighted by molar-refractivity contribution is 6.31. The van der Waals surface area contributed by atoms with Crippen LogP contribution in [-0.4, -0.2) is 24.0 Å². The zero-order valence-electron chi connectivity index (χ0n) is 12.6. The Balaban J connectivity index is 2.63. The summed E-state index contributed by atoms with van der Waals surface area (Å²) in [6.07, 6.45) is 0.333. The minimum atomic E-state index is -0.233. The third-order valence-corrected chi connectivity index (χ3v) is 3.18. The third kappa shape index (κ3) is 5.80. The summed E-state index contributed by atoms with van der Waals surface area (Å²) in [6.45, 7) is 8.19. The number of nitrogens with two attached hydrogens (primary N) is 1. The summed E-state index contributed by atoms with van der Waals surface area (Å²) in [5, 5.41) is 6.87. The van der Waals surface area contributed by atoms with Gasteiger partial charge in [-0.3, -0.25) is 4.79 Å². The van der Waals surface area contributed by atoms with E-state index in [1.54, 1.807) is 0 Å². The van der Waals surface area contributed by atoms with Crippen molar-refractivity contribution in [3.8, 4) is 0 Å². The Labute approximate surface area is 126 Å². The summed E-state index contributed by atoms with van der Waals surface area (Å²) in [6, 6.07) is 5.61. The standard InChI is InChI=1S/C15H24ClN3O/c1-10-5-6-11(7-13(10)16)18-12(9-17)8-14(20)19-15(2,3)4/h5-7,12,18H,8-9,17H2,1-4H3,(H,19,20). The van der Waals surface area contributed by atoms with Crippen LogP contribution in [0.4, 0.5) is 5.69 Å². The van der Waals surface area contributed by atoms with E-state index in [4.69, 9.17) is 17.3 Å². The number of anilines is 1. The fourth-order valence-electron chi connectivity index (χ4n) is 1.80. The van der Waals surface area contributed by atoms with Crippen LogP contribution in [0.25, 0.3) is 0 Å². The van der Waals surface area contributed by atoms with Crippen molar-refractivity contribution in [3.63, 3.8) is 0 Å². The van der Waals surface area contributed by atoms with Crippen LogP contribution in [0.3, 0.4) is 0 Å².